The van der Waals surface area contributed by atoms with Gasteiger partial charge in [-0.25, -0.2) is 22.6 Å². The number of hydrogen-bond donors (Lipinski definition) is 0. The molecule has 1 aliphatic rings. The van der Waals surface area contributed by atoms with Crippen molar-refractivity contribution in [2.45, 2.75) is 18.9 Å². The number of nitrogens with zero attached hydrogens (tertiary/aromatic N) is 3. The summed E-state index contributed by atoms with van der Waals surface area (Å²) in [6.45, 7) is 0.922. The van der Waals surface area contributed by atoms with Gasteiger partial charge in [0.2, 0.25) is 0 Å². The van der Waals surface area contributed by atoms with Crippen LogP contribution in [0.15, 0.2) is 30.3 Å². The second kappa shape index (κ2) is 5.29. The molecule has 3 rings (SSSR count). The number of benzene rings is 1. The van der Waals surface area contributed by atoms with Crippen molar-refractivity contribution in [3.63, 3.8) is 0 Å². The van der Waals surface area contributed by atoms with E-state index in [1.165, 1.54) is 53.9 Å². The SMILES string of the molecule is COC(=O)c1cc(N2CC(F)(F)[C@H]2C)n(-c2ccc(F)cc2)n1. The Morgan fingerprint density at radius 1 is 1.35 bits per heavy atom. The number of carbonyl (C=O) groups is 1. The Hall–Kier alpha value is -2.51. The maximum absolute atomic E-state index is 13.5. The van der Waals surface area contributed by atoms with E-state index in [0.717, 1.165) is 0 Å². The van der Waals surface area contributed by atoms with Gasteiger partial charge in [-0.3, -0.25) is 0 Å². The van der Waals surface area contributed by atoms with Gasteiger partial charge in [0, 0.05) is 6.07 Å². The second-order valence-electron chi connectivity index (χ2n) is 5.33. The fourth-order valence-corrected chi connectivity index (χ4v) is 2.44. The van der Waals surface area contributed by atoms with Crippen LogP contribution in [-0.2, 0) is 4.74 Å². The molecule has 1 aromatic heterocycles. The summed E-state index contributed by atoms with van der Waals surface area (Å²) >= 11 is 0. The maximum Gasteiger partial charge on any atom is 0.358 e. The molecule has 1 fully saturated rings. The van der Waals surface area contributed by atoms with Crippen molar-refractivity contribution in [3.8, 4) is 5.69 Å². The molecule has 0 radical (unpaired) electrons. The molecule has 1 atom stereocenters. The molecule has 0 N–H and O–H groups in total. The van der Waals surface area contributed by atoms with E-state index in [1.54, 1.807) is 0 Å². The highest BCUT2D eigenvalue weighted by Gasteiger charge is 2.53. The summed E-state index contributed by atoms with van der Waals surface area (Å²) in [4.78, 5) is 13.1. The number of halogens is 3. The van der Waals surface area contributed by atoms with Crippen molar-refractivity contribution >= 4 is 11.8 Å². The van der Waals surface area contributed by atoms with E-state index >= 15 is 0 Å². The van der Waals surface area contributed by atoms with Crippen LogP contribution in [0.3, 0.4) is 0 Å². The van der Waals surface area contributed by atoms with E-state index < -0.39 is 30.3 Å². The Kier molecular flexibility index (Phi) is 3.54. The van der Waals surface area contributed by atoms with E-state index in [2.05, 4.69) is 9.84 Å². The van der Waals surface area contributed by atoms with Crippen molar-refractivity contribution in [3.05, 3.63) is 41.8 Å². The van der Waals surface area contributed by atoms with Crippen LogP contribution in [0.4, 0.5) is 19.0 Å². The number of esters is 1. The smallest absolute Gasteiger partial charge is 0.358 e. The number of methoxy groups -OCH3 is 1. The molecule has 0 bridgehead atoms. The molecular formula is C15H14F3N3O2. The first kappa shape index (κ1) is 15.4. The fraction of sp³-hybridized carbons (Fsp3) is 0.333. The number of alkyl halides is 2. The fourth-order valence-electron chi connectivity index (χ4n) is 2.44. The van der Waals surface area contributed by atoms with Crippen LogP contribution in [0, 0.1) is 5.82 Å². The number of hydrogen-bond acceptors (Lipinski definition) is 4. The molecule has 0 spiro atoms. The summed E-state index contributed by atoms with van der Waals surface area (Å²) in [5.74, 6) is -3.58. The minimum Gasteiger partial charge on any atom is -0.464 e. The van der Waals surface area contributed by atoms with Crippen molar-refractivity contribution in [1.82, 2.24) is 9.78 Å². The zero-order chi connectivity index (χ0) is 16.8. The van der Waals surface area contributed by atoms with Gasteiger partial charge in [0.1, 0.15) is 11.6 Å². The van der Waals surface area contributed by atoms with E-state index in [-0.39, 0.29) is 5.69 Å². The summed E-state index contributed by atoms with van der Waals surface area (Å²) in [5.41, 5.74) is 0.452. The lowest BCUT2D eigenvalue weighted by molar-refractivity contribution is -0.0645. The summed E-state index contributed by atoms with van der Waals surface area (Å²) in [6.07, 6.45) is 0. The highest BCUT2D eigenvalue weighted by Crippen LogP contribution is 2.39. The lowest BCUT2D eigenvalue weighted by atomic mass is 10.0. The molecule has 1 aliphatic heterocycles. The lowest BCUT2D eigenvalue weighted by Gasteiger charge is -2.46. The minimum absolute atomic E-state index is 0.00533. The van der Waals surface area contributed by atoms with Gasteiger partial charge in [0.25, 0.3) is 5.92 Å². The van der Waals surface area contributed by atoms with Gasteiger partial charge in [-0.1, -0.05) is 0 Å². The van der Waals surface area contributed by atoms with E-state index in [0.29, 0.717) is 11.5 Å². The number of carbonyl (C=O) groups excluding carboxylic acids is 1. The van der Waals surface area contributed by atoms with Gasteiger partial charge in [-0.15, -0.1) is 0 Å². The molecule has 1 saturated heterocycles. The maximum atomic E-state index is 13.5. The third-order valence-corrected chi connectivity index (χ3v) is 3.91. The van der Waals surface area contributed by atoms with E-state index in [1.807, 2.05) is 0 Å². The van der Waals surface area contributed by atoms with Gasteiger partial charge in [-0.2, -0.15) is 5.10 Å². The van der Waals surface area contributed by atoms with Gasteiger partial charge in [0.05, 0.1) is 25.4 Å². The highest BCUT2D eigenvalue weighted by atomic mass is 19.3. The average Bonchev–Trinajstić information content (AvgIpc) is 2.97. The van der Waals surface area contributed by atoms with Crippen LogP contribution in [0.5, 0.6) is 0 Å². The summed E-state index contributed by atoms with van der Waals surface area (Å²) in [7, 11) is 1.21. The number of rotatable bonds is 3. The van der Waals surface area contributed by atoms with Crippen LogP contribution >= 0.6 is 0 Å². The van der Waals surface area contributed by atoms with Gasteiger partial charge in [0.15, 0.2) is 5.69 Å². The largest absolute Gasteiger partial charge is 0.464 e. The summed E-state index contributed by atoms with van der Waals surface area (Å²) in [5, 5.41) is 4.10. The predicted molar refractivity (Wildman–Crippen MR) is 76.6 cm³/mol. The highest BCUT2D eigenvalue weighted by molar-refractivity contribution is 5.88. The zero-order valence-corrected chi connectivity index (χ0v) is 12.5. The zero-order valence-electron chi connectivity index (χ0n) is 12.5. The quantitative estimate of drug-likeness (QED) is 0.814. The molecule has 122 valence electrons. The first-order chi connectivity index (χ1) is 10.8. The Balaban J connectivity index is 2.05. The standard InChI is InChI=1S/C15H14F3N3O2/c1-9-15(17,18)8-20(9)13-7-12(14(22)23-2)19-21(13)11-5-3-10(16)4-6-11/h3-7,9H,8H2,1-2H3/t9-/m1/s1. The molecule has 2 aromatic rings. The summed E-state index contributed by atoms with van der Waals surface area (Å²) < 4.78 is 46.0. The predicted octanol–water partition coefficient (Wildman–Crippen LogP) is 2.64. The first-order valence-corrected chi connectivity index (χ1v) is 6.92. The second-order valence-corrected chi connectivity index (χ2v) is 5.33. The van der Waals surface area contributed by atoms with Gasteiger partial charge >= 0.3 is 5.97 Å². The van der Waals surface area contributed by atoms with Crippen molar-refractivity contribution in [2.24, 2.45) is 0 Å². The van der Waals surface area contributed by atoms with Crippen molar-refractivity contribution in [1.29, 1.82) is 0 Å². The molecule has 0 unspecified atom stereocenters. The molecule has 0 saturated carbocycles. The van der Waals surface area contributed by atoms with Crippen molar-refractivity contribution < 1.29 is 22.7 Å². The van der Waals surface area contributed by atoms with Crippen LogP contribution in [-0.4, -0.2) is 41.4 Å². The van der Waals surface area contributed by atoms with Crippen LogP contribution in [0.25, 0.3) is 5.69 Å². The van der Waals surface area contributed by atoms with E-state index in [9.17, 15) is 18.0 Å². The Bertz CT molecular complexity index is 743. The van der Waals surface area contributed by atoms with Crippen LogP contribution in [0.1, 0.15) is 17.4 Å². The monoisotopic (exact) mass is 325 g/mol. The normalized spacial score (nSPS) is 19.3. The number of ether oxygens (including phenoxy) is 1. The van der Waals surface area contributed by atoms with Crippen LogP contribution < -0.4 is 4.90 Å². The minimum atomic E-state index is -2.80. The molecule has 1 aromatic carbocycles. The third kappa shape index (κ3) is 2.54. The van der Waals surface area contributed by atoms with Gasteiger partial charge in [-0.05, 0) is 31.2 Å². The molecule has 2 heterocycles. The molecule has 8 heteroatoms. The first-order valence-electron chi connectivity index (χ1n) is 6.92. The number of aromatic nitrogens is 2. The average molecular weight is 325 g/mol. The number of anilines is 1. The Labute approximate surface area is 130 Å². The Morgan fingerprint density at radius 3 is 2.52 bits per heavy atom. The lowest BCUT2D eigenvalue weighted by Crippen LogP contribution is -2.64. The Morgan fingerprint density at radius 2 is 2.00 bits per heavy atom. The summed E-state index contributed by atoms with van der Waals surface area (Å²) in [6, 6.07) is 5.73. The molecule has 5 nitrogen and oxygen atoms in total. The molecule has 0 aliphatic carbocycles. The van der Waals surface area contributed by atoms with Gasteiger partial charge < -0.3 is 9.64 Å². The van der Waals surface area contributed by atoms with Crippen LogP contribution in [0.2, 0.25) is 0 Å². The molecule has 0 amide bonds. The van der Waals surface area contributed by atoms with E-state index in [4.69, 9.17) is 0 Å². The van der Waals surface area contributed by atoms with Crippen molar-refractivity contribution in [2.75, 3.05) is 18.6 Å². The third-order valence-electron chi connectivity index (χ3n) is 3.91. The molecular weight excluding hydrogens is 311 g/mol. The molecule has 23 heavy (non-hydrogen) atoms. The topological polar surface area (TPSA) is 47.4 Å².